The number of likely N-dealkylation sites (N-methyl/N-ethyl adjacent to an activating group) is 1. The van der Waals surface area contributed by atoms with E-state index in [1.54, 1.807) is 13.0 Å². The van der Waals surface area contributed by atoms with Crippen molar-refractivity contribution in [3.8, 4) is 0 Å². The van der Waals surface area contributed by atoms with E-state index in [2.05, 4.69) is 39.1 Å². The van der Waals surface area contributed by atoms with Crippen molar-refractivity contribution in [3.63, 3.8) is 0 Å². The number of carbonyl (C=O) groups excluding carboxylic acids is 3. The van der Waals surface area contributed by atoms with E-state index in [0.29, 0.717) is 12.3 Å². The molecule has 0 saturated carbocycles. The Morgan fingerprint density at radius 2 is 1.83 bits per heavy atom. The molecule has 6 heteroatoms. The number of benzene rings is 1. The second-order valence-corrected chi connectivity index (χ2v) is 9.28. The van der Waals surface area contributed by atoms with Crippen LogP contribution in [0.5, 0.6) is 0 Å². The molecule has 0 aromatic heterocycles. The molecule has 2 aliphatic rings. The molecule has 3 amide bonds. The van der Waals surface area contributed by atoms with Gasteiger partial charge >= 0.3 is 6.03 Å². The lowest BCUT2D eigenvalue weighted by Gasteiger charge is -2.24. The van der Waals surface area contributed by atoms with Crippen LogP contribution >= 0.6 is 0 Å². The molecule has 0 bridgehead atoms. The predicted molar refractivity (Wildman–Crippen MR) is 114 cm³/mol. The number of urea groups is 1. The third-order valence-corrected chi connectivity index (χ3v) is 6.12. The average molecular weight is 398 g/mol. The summed E-state index contributed by atoms with van der Waals surface area (Å²) in [5, 5.41) is 2.78. The van der Waals surface area contributed by atoms with Gasteiger partial charge in [0.15, 0.2) is 5.78 Å². The Kier molecular flexibility index (Phi) is 5.32. The van der Waals surface area contributed by atoms with Crippen LogP contribution in [0, 0.1) is 5.92 Å². The molecule has 1 aromatic rings. The Labute approximate surface area is 172 Å². The summed E-state index contributed by atoms with van der Waals surface area (Å²) in [6.45, 7) is 9.80. The number of rotatable bonds is 6. The van der Waals surface area contributed by atoms with Gasteiger partial charge in [-0.3, -0.25) is 14.5 Å². The minimum atomic E-state index is -0.936. The number of amides is 3. The first-order valence-electron chi connectivity index (χ1n) is 10.2. The van der Waals surface area contributed by atoms with Gasteiger partial charge in [-0.05, 0) is 37.3 Å². The molecule has 1 unspecified atom stereocenters. The Hall–Kier alpha value is -2.63. The summed E-state index contributed by atoms with van der Waals surface area (Å²) >= 11 is 0. The number of nitrogens with zero attached hydrogens (tertiary/aromatic N) is 2. The molecule has 0 spiro atoms. The van der Waals surface area contributed by atoms with Crippen LogP contribution in [0.3, 0.4) is 0 Å². The summed E-state index contributed by atoms with van der Waals surface area (Å²) in [4.78, 5) is 41.1. The molecule has 29 heavy (non-hydrogen) atoms. The molecule has 0 aliphatic carbocycles. The average Bonchev–Trinajstić information content (AvgIpc) is 2.98. The minimum absolute atomic E-state index is 0.244. The monoisotopic (exact) mass is 397 g/mol. The van der Waals surface area contributed by atoms with E-state index in [0.717, 1.165) is 28.3 Å². The first kappa shape index (κ1) is 21.1. The Morgan fingerprint density at radius 3 is 2.45 bits per heavy atom. The Balaban J connectivity index is 1.77. The first-order valence-corrected chi connectivity index (χ1v) is 10.2. The van der Waals surface area contributed by atoms with Crippen LogP contribution < -0.4 is 10.2 Å². The van der Waals surface area contributed by atoms with Crippen LogP contribution in [0.25, 0.3) is 0 Å². The van der Waals surface area contributed by atoms with E-state index in [9.17, 15) is 14.4 Å². The van der Waals surface area contributed by atoms with Crippen molar-refractivity contribution in [3.05, 3.63) is 41.6 Å². The zero-order valence-corrected chi connectivity index (χ0v) is 18.2. The fraction of sp³-hybridized carbons (Fsp3) is 0.522. The maximum atomic E-state index is 12.9. The predicted octanol–water partition coefficient (Wildman–Crippen LogP) is 3.61. The number of nitrogens with one attached hydrogen (secondary N) is 1. The molecule has 156 valence electrons. The van der Waals surface area contributed by atoms with E-state index >= 15 is 0 Å². The molecule has 1 saturated heterocycles. The molecule has 1 atom stereocenters. The van der Waals surface area contributed by atoms with Gasteiger partial charge in [0.2, 0.25) is 0 Å². The van der Waals surface area contributed by atoms with Gasteiger partial charge in [-0.25, -0.2) is 4.79 Å². The van der Waals surface area contributed by atoms with Crippen LogP contribution in [0.15, 0.2) is 36.0 Å². The molecular weight excluding hydrogens is 366 g/mol. The van der Waals surface area contributed by atoms with Gasteiger partial charge in [0.25, 0.3) is 5.91 Å². The number of hydrogen-bond donors (Lipinski definition) is 1. The number of allylic oxidation sites excluding steroid dienone is 1. The zero-order valence-electron chi connectivity index (χ0n) is 18.2. The number of anilines is 1. The van der Waals surface area contributed by atoms with Crippen LogP contribution in [0.4, 0.5) is 10.5 Å². The van der Waals surface area contributed by atoms with E-state index in [-0.39, 0.29) is 23.7 Å². The van der Waals surface area contributed by atoms with Crippen LogP contribution in [-0.4, -0.2) is 41.8 Å². The summed E-state index contributed by atoms with van der Waals surface area (Å²) < 4.78 is 0. The second kappa shape index (κ2) is 7.32. The second-order valence-electron chi connectivity index (χ2n) is 9.28. The van der Waals surface area contributed by atoms with Crippen LogP contribution in [0.2, 0.25) is 0 Å². The SMILES string of the molecule is CC(C)CCC1(C)NC(=O)N(CC(=O)C=C2N(C)c3ccccc3C2(C)C)C1=O. The summed E-state index contributed by atoms with van der Waals surface area (Å²) in [5.41, 5.74) is 1.81. The van der Waals surface area contributed by atoms with Crippen molar-refractivity contribution >= 4 is 23.4 Å². The Morgan fingerprint density at radius 1 is 1.17 bits per heavy atom. The zero-order chi connectivity index (χ0) is 21.6. The Bertz CT molecular complexity index is 887. The van der Waals surface area contributed by atoms with Gasteiger partial charge in [-0.1, -0.05) is 45.9 Å². The molecule has 0 radical (unpaired) electrons. The first-order chi connectivity index (χ1) is 13.5. The number of ketones is 1. The molecule has 3 rings (SSSR count). The quantitative estimate of drug-likeness (QED) is 0.588. The number of imide groups is 1. The fourth-order valence-corrected chi connectivity index (χ4v) is 4.25. The summed E-state index contributed by atoms with van der Waals surface area (Å²) in [7, 11) is 1.93. The van der Waals surface area contributed by atoms with Gasteiger partial charge < -0.3 is 10.2 Å². The fourth-order valence-electron chi connectivity index (χ4n) is 4.25. The van der Waals surface area contributed by atoms with E-state index in [1.807, 2.05) is 30.1 Å². The normalized spacial score (nSPS) is 24.4. The van der Waals surface area contributed by atoms with E-state index in [4.69, 9.17) is 0 Å². The lowest BCUT2D eigenvalue weighted by molar-refractivity contribution is -0.133. The highest BCUT2D eigenvalue weighted by molar-refractivity contribution is 6.10. The van der Waals surface area contributed by atoms with Gasteiger partial charge in [0.05, 0.1) is 6.54 Å². The summed E-state index contributed by atoms with van der Waals surface area (Å²) in [6, 6.07) is 7.57. The van der Waals surface area contributed by atoms with Crippen molar-refractivity contribution in [2.75, 3.05) is 18.5 Å². The van der Waals surface area contributed by atoms with Crippen LogP contribution in [-0.2, 0) is 15.0 Å². The summed E-state index contributed by atoms with van der Waals surface area (Å²) in [6.07, 6.45) is 2.96. The van der Waals surface area contributed by atoms with Crippen molar-refractivity contribution in [1.29, 1.82) is 0 Å². The third kappa shape index (κ3) is 3.68. The molecule has 2 heterocycles. The number of para-hydroxylation sites is 1. The van der Waals surface area contributed by atoms with E-state index in [1.165, 1.54) is 0 Å². The summed E-state index contributed by atoms with van der Waals surface area (Å²) in [5.74, 6) is -0.153. The number of carbonyl (C=O) groups is 3. The highest BCUT2D eigenvalue weighted by Gasteiger charge is 2.48. The lowest BCUT2D eigenvalue weighted by atomic mass is 9.83. The number of hydrogen-bond acceptors (Lipinski definition) is 4. The van der Waals surface area contributed by atoms with Gasteiger partial charge in [0, 0.05) is 29.9 Å². The van der Waals surface area contributed by atoms with Gasteiger partial charge in [-0.2, -0.15) is 0 Å². The third-order valence-electron chi connectivity index (χ3n) is 6.12. The molecule has 6 nitrogen and oxygen atoms in total. The van der Waals surface area contributed by atoms with Gasteiger partial charge in [-0.15, -0.1) is 0 Å². The van der Waals surface area contributed by atoms with Crippen molar-refractivity contribution in [2.24, 2.45) is 5.92 Å². The van der Waals surface area contributed by atoms with Crippen LogP contribution in [0.1, 0.15) is 53.0 Å². The molecule has 1 fully saturated rings. The highest BCUT2D eigenvalue weighted by Crippen LogP contribution is 2.46. The molecular formula is C23H31N3O3. The van der Waals surface area contributed by atoms with Crippen molar-refractivity contribution < 1.29 is 14.4 Å². The topological polar surface area (TPSA) is 69.7 Å². The molecule has 1 aromatic carbocycles. The van der Waals surface area contributed by atoms with Crippen molar-refractivity contribution in [1.82, 2.24) is 10.2 Å². The number of fused-ring (bicyclic) bond motifs is 1. The minimum Gasteiger partial charge on any atom is -0.347 e. The van der Waals surface area contributed by atoms with Crippen molar-refractivity contribution in [2.45, 2.75) is 58.4 Å². The lowest BCUT2D eigenvalue weighted by Crippen LogP contribution is -2.44. The van der Waals surface area contributed by atoms with Gasteiger partial charge in [0.1, 0.15) is 5.54 Å². The largest absolute Gasteiger partial charge is 0.347 e. The maximum absolute atomic E-state index is 12.9. The van der Waals surface area contributed by atoms with E-state index < -0.39 is 11.6 Å². The maximum Gasteiger partial charge on any atom is 0.325 e. The highest BCUT2D eigenvalue weighted by atomic mass is 16.2. The molecule has 1 N–H and O–H groups in total. The smallest absolute Gasteiger partial charge is 0.325 e. The molecule has 2 aliphatic heterocycles. The standard InChI is InChI=1S/C23H31N3O3/c1-15(2)11-12-23(5)20(28)26(21(29)24-23)14-16(27)13-19-22(3,4)17-9-7-8-10-18(17)25(19)6/h7-10,13,15H,11-12,14H2,1-6H3,(H,24,29).